The average molecular weight is 661 g/mol. The Balaban J connectivity index is 0. The summed E-state index contributed by atoms with van der Waals surface area (Å²) in [6.45, 7) is 8.27. The third-order valence-corrected chi connectivity index (χ3v) is 5.93. The maximum atomic E-state index is 9.83. The number of hydrogen-bond donors (Lipinski definition) is 4. The lowest BCUT2D eigenvalue weighted by Gasteiger charge is -1.98. The van der Waals surface area contributed by atoms with E-state index in [1.54, 1.807) is 24.3 Å². The van der Waals surface area contributed by atoms with Crippen LogP contribution in [-0.2, 0) is 0 Å². The van der Waals surface area contributed by atoms with Crippen LogP contribution in [0, 0.1) is 23.7 Å². The summed E-state index contributed by atoms with van der Waals surface area (Å²) >= 11 is 0. The SMILES string of the molecule is CC/C=C\C[C@H](O)/C=C/C#CCC#C/C=C/[C@@H](O)C/C=C\CCC.[2H]C(/C=C/[C@@H](O)C/C=C\CC)=C(\[2H])C/C([2H])=C([2H])\C=C\[C@@H](O)C/C=C\CCC. The van der Waals surface area contributed by atoms with E-state index in [2.05, 4.69) is 50.5 Å². The fourth-order valence-electron chi connectivity index (χ4n) is 3.32. The average Bonchev–Trinajstić information content (AvgIpc) is 3.12. The summed E-state index contributed by atoms with van der Waals surface area (Å²) in [4.78, 5) is 0. The molecule has 0 spiro atoms. The second-order valence-corrected chi connectivity index (χ2v) is 10.6. The molecule has 0 amide bonds. The third kappa shape index (κ3) is 40.4. The van der Waals surface area contributed by atoms with Gasteiger partial charge in [0, 0.05) is 0 Å². The largest absolute Gasteiger partial charge is 0.389 e. The molecule has 0 aliphatic heterocycles. The number of unbranched alkanes of at least 4 members (excludes halogenated alkanes) is 2. The first kappa shape index (κ1) is 38.8. The highest BCUT2D eigenvalue weighted by Gasteiger charge is 1.95. The van der Waals surface area contributed by atoms with Crippen molar-refractivity contribution in [2.45, 2.75) is 129 Å². The fraction of sp³-hybridized carbons (Fsp3) is 0.455. The summed E-state index contributed by atoms with van der Waals surface area (Å²) in [5.41, 5.74) is 0. The number of allylic oxidation sites excluding steroid dienone is 12. The zero-order valence-corrected chi connectivity index (χ0v) is 29.8. The van der Waals surface area contributed by atoms with Gasteiger partial charge in [0.2, 0.25) is 0 Å². The number of aliphatic hydroxyl groups is 4. The Kier molecular flexibility index (Phi) is 32.0. The summed E-state index contributed by atoms with van der Waals surface area (Å²) in [6.07, 6.45) is 34.2. The van der Waals surface area contributed by atoms with E-state index in [1.165, 1.54) is 24.3 Å². The predicted molar refractivity (Wildman–Crippen MR) is 209 cm³/mol. The second kappa shape index (κ2) is 39.5. The first-order valence-corrected chi connectivity index (χ1v) is 17.3. The fourth-order valence-corrected chi connectivity index (χ4v) is 3.32. The molecule has 0 saturated heterocycles. The summed E-state index contributed by atoms with van der Waals surface area (Å²) < 4.78 is 31.5. The van der Waals surface area contributed by atoms with Gasteiger partial charge >= 0.3 is 0 Å². The normalized spacial score (nSPS) is 17.0. The molecule has 0 heterocycles. The van der Waals surface area contributed by atoms with E-state index in [0.29, 0.717) is 32.1 Å². The van der Waals surface area contributed by atoms with Gasteiger partial charge in [-0.05, 0) is 82.1 Å². The molecule has 0 aliphatic rings. The molecule has 0 bridgehead atoms. The molecule has 0 aromatic carbocycles. The van der Waals surface area contributed by atoms with Crippen LogP contribution >= 0.6 is 0 Å². The summed E-state index contributed by atoms with van der Waals surface area (Å²) in [7, 11) is 0. The van der Waals surface area contributed by atoms with E-state index in [-0.39, 0.29) is 30.6 Å². The summed E-state index contributed by atoms with van der Waals surface area (Å²) in [6, 6.07) is -0.387. The molecule has 0 aromatic heterocycles. The van der Waals surface area contributed by atoms with Crippen LogP contribution in [0.2, 0.25) is 0 Å². The van der Waals surface area contributed by atoms with Crippen LogP contribution in [0.25, 0.3) is 0 Å². The molecule has 264 valence electrons. The zero-order valence-electron chi connectivity index (χ0n) is 33.8. The maximum absolute atomic E-state index is 9.83. The topological polar surface area (TPSA) is 80.9 Å². The van der Waals surface area contributed by atoms with Crippen molar-refractivity contribution in [1.29, 1.82) is 0 Å². The van der Waals surface area contributed by atoms with Gasteiger partial charge < -0.3 is 20.4 Å². The molecule has 4 nitrogen and oxygen atoms in total. The summed E-state index contributed by atoms with van der Waals surface area (Å²) in [5.74, 6) is 11.5. The van der Waals surface area contributed by atoms with Gasteiger partial charge in [0.15, 0.2) is 0 Å². The first-order valence-electron chi connectivity index (χ1n) is 19.3. The molecule has 0 rings (SSSR count). The zero-order chi connectivity index (χ0) is 39.2. The van der Waals surface area contributed by atoms with Gasteiger partial charge in [-0.25, -0.2) is 0 Å². The van der Waals surface area contributed by atoms with Gasteiger partial charge in [-0.15, -0.1) is 0 Å². The van der Waals surface area contributed by atoms with Crippen molar-refractivity contribution < 1.29 is 25.9 Å². The van der Waals surface area contributed by atoms with Gasteiger partial charge in [-0.2, -0.15) is 0 Å². The minimum Gasteiger partial charge on any atom is -0.389 e. The Morgan fingerprint density at radius 2 is 0.896 bits per heavy atom. The molecular formula is C44H64O4. The van der Waals surface area contributed by atoms with Gasteiger partial charge in [-0.1, -0.05) is 161 Å². The Bertz CT molecular complexity index is 1360. The molecule has 0 unspecified atom stereocenters. The monoisotopic (exact) mass is 661 g/mol. The molecule has 0 aliphatic carbocycles. The van der Waals surface area contributed by atoms with Crippen molar-refractivity contribution in [3.8, 4) is 23.7 Å². The van der Waals surface area contributed by atoms with Gasteiger partial charge in [0.1, 0.15) is 0 Å². The number of rotatable bonds is 22. The van der Waals surface area contributed by atoms with Crippen molar-refractivity contribution in [2.75, 3.05) is 0 Å². The lowest BCUT2D eigenvalue weighted by atomic mass is 10.2. The van der Waals surface area contributed by atoms with Crippen LogP contribution in [0.5, 0.6) is 0 Å². The molecular weight excluding hydrogens is 592 g/mol. The van der Waals surface area contributed by atoms with Gasteiger partial charge in [0.25, 0.3) is 0 Å². The van der Waals surface area contributed by atoms with E-state index in [9.17, 15) is 20.4 Å². The van der Waals surface area contributed by atoms with Crippen LogP contribution in [0.3, 0.4) is 0 Å². The second-order valence-electron chi connectivity index (χ2n) is 10.6. The van der Waals surface area contributed by atoms with Gasteiger partial charge in [-0.3, -0.25) is 0 Å². The van der Waals surface area contributed by atoms with Crippen LogP contribution in [0.1, 0.15) is 110 Å². The molecule has 0 radical (unpaired) electrons. The Morgan fingerprint density at radius 3 is 1.27 bits per heavy atom. The van der Waals surface area contributed by atoms with Crippen molar-refractivity contribution in [3.05, 3.63) is 121 Å². The van der Waals surface area contributed by atoms with E-state index in [0.717, 1.165) is 38.5 Å². The maximum Gasteiger partial charge on any atom is 0.0764 e. The van der Waals surface area contributed by atoms with Crippen LogP contribution in [0.4, 0.5) is 0 Å². The molecule has 4 atom stereocenters. The van der Waals surface area contributed by atoms with E-state index in [1.807, 2.05) is 49.5 Å². The van der Waals surface area contributed by atoms with E-state index >= 15 is 0 Å². The number of aliphatic hydroxyl groups excluding tert-OH is 4. The molecule has 4 heteroatoms. The minimum atomic E-state index is -0.718. The van der Waals surface area contributed by atoms with Crippen LogP contribution < -0.4 is 0 Å². The highest BCUT2D eigenvalue weighted by molar-refractivity contribution is 5.24. The van der Waals surface area contributed by atoms with Crippen LogP contribution in [-0.4, -0.2) is 44.8 Å². The van der Waals surface area contributed by atoms with Crippen molar-refractivity contribution in [3.63, 3.8) is 0 Å². The van der Waals surface area contributed by atoms with Gasteiger partial charge in [0.05, 0.1) is 36.3 Å². The Labute approximate surface area is 299 Å². The van der Waals surface area contributed by atoms with Crippen LogP contribution in [0.15, 0.2) is 121 Å². The Morgan fingerprint density at radius 1 is 0.521 bits per heavy atom. The highest BCUT2D eigenvalue weighted by atomic mass is 16.3. The lowest BCUT2D eigenvalue weighted by Crippen LogP contribution is -1.98. The standard InChI is InChI=1S/C22H34O2.C22H30O2/c2*1-3-5-7-14-18-22(24)20-16-12-10-8-9-11-15-19-21(23)17-13-6-4-2/h6-7,9-16,19-24H,3-5,8,17-18H2,1-2H3;6-7,13-16,19-24H,3-5,8,17-18H2,1-2H3/b11-9-,12-10-,13-6-,14-7-,19-15+,20-16+;13-6-,14-7-,19-15+,20-16+/t2*21-,22-/m00/s1/i9D,10D,11D,12D;. The molecule has 4 N–H and O–H groups in total. The minimum absolute atomic E-state index is 0.0946. The molecule has 0 saturated carbocycles. The van der Waals surface area contributed by atoms with Crippen molar-refractivity contribution in [2.24, 2.45) is 0 Å². The summed E-state index contributed by atoms with van der Waals surface area (Å²) in [5, 5.41) is 38.9. The van der Waals surface area contributed by atoms with E-state index in [4.69, 9.17) is 5.48 Å². The predicted octanol–water partition coefficient (Wildman–Crippen LogP) is 9.75. The molecule has 0 fully saturated rings. The third-order valence-electron chi connectivity index (χ3n) is 5.93. The Hall–Kier alpha value is -3.64. The lowest BCUT2D eigenvalue weighted by molar-refractivity contribution is 0.226. The van der Waals surface area contributed by atoms with E-state index < -0.39 is 24.4 Å². The smallest absolute Gasteiger partial charge is 0.0764 e. The highest BCUT2D eigenvalue weighted by Crippen LogP contribution is 2.01. The quantitative estimate of drug-likeness (QED) is 0.0530. The molecule has 48 heavy (non-hydrogen) atoms. The van der Waals surface area contributed by atoms with Crippen molar-refractivity contribution >= 4 is 0 Å². The first-order chi connectivity index (χ1) is 25.0. The molecule has 0 aromatic rings. The number of hydrogen-bond acceptors (Lipinski definition) is 4. The van der Waals surface area contributed by atoms with Crippen molar-refractivity contribution in [1.82, 2.24) is 0 Å².